The summed E-state index contributed by atoms with van der Waals surface area (Å²) in [5.41, 5.74) is 0. The molecule has 0 spiro atoms. The van der Waals surface area contributed by atoms with Crippen LogP contribution in [0.15, 0.2) is 0 Å². The number of ether oxygens (including phenoxy) is 1. The van der Waals surface area contributed by atoms with Gasteiger partial charge in [0.2, 0.25) is 0 Å². The molecule has 0 aromatic heterocycles. The van der Waals surface area contributed by atoms with Crippen LogP contribution in [0.4, 0.5) is 0 Å². The number of hydrogen-bond acceptors (Lipinski definition) is 4. The van der Waals surface area contributed by atoms with Crippen LogP contribution in [0.25, 0.3) is 0 Å². The van der Waals surface area contributed by atoms with E-state index in [0.717, 1.165) is 19.6 Å². The number of nitrogens with zero attached hydrogens (tertiary/aromatic N) is 1. The van der Waals surface area contributed by atoms with Crippen molar-refractivity contribution < 1.29 is 9.84 Å². The summed E-state index contributed by atoms with van der Waals surface area (Å²) in [6.45, 7) is 8.57. The quantitative estimate of drug-likeness (QED) is 0.591. The fourth-order valence-electron chi connectivity index (χ4n) is 2.89. The van der Waals surface area contributed by atoms with Gasteiger partial charge in [-0.25, -0.2) is 0 Å². The molecule has 1 saturated carbocycles. The molecule has 2 N–H and O–H groups in total. The molecule has 0 heterocycles. The first kappa shape index (κ1) is 16.9. The maximum Gasteiger partial charge on any atom is 0.0791 e. The minimum atomic E-state index is -0.281. The third kappa shape index (κ3) is 7.25. The van der Waals surface area contributed by atoms with Gasteiger partial charge in [0.25, 0.3) is 0 Å². The first-order valence-electron chi connectivity index (χ1n) is 7.75. The Kier molecular flexibility index (Phi) is 8.62. The Balaban J connectivity index is 2.29. The van der Waals surface area contributed by atoms with Crippen LogP contribution in [-0.4, -0.2) is 62.0 Å². The minimum absolute atomic E-state index is 0.281. The molecule has 0 aliphatic heterocycles. The van der Waals surface area contributed by atoms with Crippen LogP contribution in [0.1, 0.15) is 39.5 Å². The van der Waals surface area contributed by atoms with Crippen LogP contribution in [0.2, 0.25) is 0 Å². The van der Waals surface area contributed by atoms with Crippen LogP contribution < -0.4 is 5.32 Å². The number of rotatable bonds is 10. The van der Waals surface area contributed by atoms with E-state index in [1.165, 1.54) is 25.7 Å². The molecule has 0 saturated heterocycles. The summed E-state index contributed by atoms with van der Waals surface area (Å²) in [6.07, 6.45) is 5.02. The standard InChI is InChI=1S/C15H32N2O2/c1-13(2)11-17(14-6-4-5-7-14)12-15(18)10-16-8-9-19-3/h13-16,18H,4-12H2,1-3H3. The molecule has 4 heteroatoms. The Labute approximate surface area is 118 Å². The first-order valence-corrected chi connectivity index (χ1v) is 7.75. The highest BCUT2D eigenvalue weighted by Gasteiger charge is 2.24. The van der Waals surface area contributed by atoms with Crippen LogP contribution >= 0.6 is 0 Å². The molecule has 0 bridgehead atoms. The molecule has 1 rings (SSSR count). The Morgan fingerprint density at radius 3 is 2.53 bits per heavy atom. The first-order chi connectivity index (χ1) is 9.13. The van der Waals surface area contributed by atoms with Crippen molar-refractivity contribution in [3.8, 4) is 0 Å². The Morgan fingerprint density at radius 1 is 1.26 bits per heavy atom. The molecular formula is C15H32N2O2. The van der Waals surface area contributed by atoms with Crippen molar-refractivity contribution in [2.24, 2.45) is 5.92 Å². The van der Waals surface area contributed by atoms with E-state index in [9.17, 15) is 5.11 Å². The van der Waals surface area contributed by atoms with Gasteiger partial charge in [0.15, 0.2) is 0 Å². The second kappa shape index (κ2) is 9.70. The monoisotopic (exact) mass is 272 g/mol. The van der Waals surface area contributed by atoms with Crippen molar-refractivity contribution in [1.29, 1.82) is 0 Å². The van der Waals surface area contributed by atoms with Crippen LogP contribution in [-0.2, 0) is 4.74 Å². The van der Waals surface area contributed by atoms with Crippen molar-refractivity contribution in [1.82, 2.24) is 10.2 Å². The fraction of sp³-hybridized carbons (Fsp3) is 1.00. The molecule has 0 amide bonds. The van der Waals surface area contributed by atoms with E-state index in [1.807, 2.05) is 0 Å². The molecule has 0 radical (unpaired) electrons. The van der Waals surface area contributed by atoms with Gasteiger partial charge in [-0.3, -0.25) is 4.90 Å². The molecule has 4 nitrogen and oxygen atoms in total. The summed E-state index contributed by atoms with van der Waals surface area (Å²) >= 11 is 0. The van der Waals surface area contributed by atoms with Gasteiger partial charge in [-0.15, -0.1) is 0 Å². The van der Waals surface area contributed by atoms with E-state index in [4.69, 9.17) is 4.74 Å². The summed E-state index contributed by atoms with van der Waals surface area (Å²) in [5.74, 6) is 0.661. The van der Waals surface area contributed by atoms with E-state index >= 15 is 0 Å². The van der Waals surface area contributed by atoms with Crippen LogP contribution in [0.5, 0.6) is 0 Å². The van der Waals surface area contributed by atoms with Gasteiger partial charge in [0, 0.05) is 39.3 Å². The number of hydrogen-bond donors (Lipinski definition) is 2. The summed E-state index contributed by atoms with van der Waals surface area (Å²) < 4.78 is 4.98. The Morgan fingerprint density at radius 2 is 1.95 bits per heavy atom. The van der Waals surface area contributed by atoms with E-state index in [-0.39, 0.29) is 6.10 Å². The van der Waals surface area contributed by atoms with Crippen molar-refractivity contribution in [3.63, 3.8) is 0 Å². The molecule has 1 atom stereocenters. The van der Waals surface area contributed by atoms with Crippen molar-refractivity contribution in [2.45, 2.75) is 51.7 Å². The lowest BCUT2D eigenvalue weighted by molar-refractivity contribution is 0.0779. The average molecular weight is 272 g/mol. The molecule has 1 aliphatic carbocycles. The molecule has 19 heavy (non-hydrogen) atoms. The van der Waals surface area contributed by atoms with E-state index in [0.29, 0.717) is 25.1 Å². The van der Waals surface area contributed by atoms with Crippen LogP contribution in [0, 0.1) is 5.92 Å². The highest BCUT2D eigenvalue weighted by Crippen LogP contribution is 2.24. The van der Waals surface area contributed by atoms with Gasteiger partial charge in [-0.05, 0) is 18.8 Å². The maximum atomic E-state index is 10.1. The molecule has 114 valence electrons. The third-order valence-corrected chi connectivity index (χ3v) is 3.75. The molecule has 1 fully saturated rings. The van der Waals surface area contributed by atoms with Crippen LogP contribution in [0.3, 0.4) is 0 Å². The average Bonchev–Trinajstić information content (AvgIpc) is 2.87. The number of aliphatic hydroxyl groups excluding tert-OH is 1. The van der Waals surface area contributed by atoms with Gasteiger partial charge in [-0.1, -0.05) is 26.7 Å². The SMILES string of the molecule is COCCNCC(O)CN(CC(C)C)C1CCCC1. The lowest BCUT2D eigenvalue weighted by Gasteiger charge is -2.32. The number of methoxy groups -OCH3 is 1. The number of aliphatic hydroxyl groups is 1. The van der Waals surface area contributed by atoms with Gasteiger partial charge < -0.3 is 15.2 Å². The summed E-state index contributed by atoms with van der Waals surface area (Å²) in [6, 6.07) is 0.691. The predicted octanol–water partition coefficient (Wildman–Crippen LogP) is 1.48. The lowest BCUT2D eigenvalue weighted by Crippen LogP contribution is -2.44. The van der Waals surface area contributed by atoms with E-state index < -0.39 is 0 Å². The zero-order valence-electron chi connectivity index (χ0n) is 12.9. The van der Waals surface area contributed by atoms with E-state index in [2.05, 4.69) is 24.1 Å². The van der Waals surface area contributed by atoms with Crippen molar-refractivity contribution >= 4 is 0 Å². The van der Waals surface area contributed by atoms with Crippen molar-refractivity contribution in [3.05, 3.63) is 0 Å². The number of nitrogens with one attached hydrogen (secondary N) is 1. The summed E-state index contributed by atoms with van der Waals surface area (Å²) in [7, 11) is 1.70. The largest absolute Gasteiger partial charge is 0.390 e. The fourth-order valence-corrected chi connectivity index (χ4v) is 2.89. The van der Waals surface area contributed by atoms with Gasteiger partial charge in [-0.2, -0.15) is 0 Å². The highest BCUT2D eigenvalue weighted by molar-refractivity contribution is 4.80. The Hall–Kier alpha value is -0.160. The Bertz CT molecular complexity index is 218. The molecule has 0 aromatic carbocycles. The van der Waals surface area contributed by atoms with Crippen molar-refractivity contribution in [2.75, 3.05) is 39.9 Å². The lowest BCUT2D eigenvalue weighted by atomic mass is 10.1. The van der Waals surface area contributed by atoms with Gasteiger partial charge in [0.1, 0.15) is 0 Å². The molecule has 0 aromatic rings. The third-order valence-electron chi connectivity index (χ3n) is 3.75. The zero-order chi connectivity index (χ0) is 14.1. The second-order valence-electron chi connectivity index (χ2n) is 6.14. The zero-order valence-corrected chi connectivity index (χ0v) is 12.9. The summed E-state index contributed by atoms with van der Waals surface area (Å²) in [5, 5.41) is 13.4. The van der Waals surface area contributed by atoms with Gasteiger partial charge in [0.05, 0.1) is 12.7 Å². The molecular weight excluding hydrogens is 240 g/mol. The maximum absolute atomic E-state index is 10.1. The van der Waals surface area contributed by atoms with E-state index in [1.54, 1.807) is 7.11 Å². The van der Waals surface area contributed by atoms with Gasteiger partial charge >= 0.3 is 0 Å². The highest BCUT2D eigenvalue weighted by atomic mass is 16.5. The minimum Gasteiger partial charge on any atom is -0.390 e. The molecule has 1 unspecified atom stereocenters. The topological polar surface area (TPSA) is 44.7 Å². The molecule has 1 aliphatic rings. The summed E-state index contributed by atoms with van der Waals surface area (Å²) in [4.78, 5) is 2.50. The smallest absolute Gasteiger partial charge is 0.0791 e. The predicted molar refractivity (Wildman–Crippen MR) is 79.4 cm³/mol. The second-order valence-corrected chi connectivity index (χ2v) is 6.14. The normalized spacial score (nSPS) is 18.6.